The Balaban J connectivity index is 3.29. The van der Waals surface area contributed by atoms with Crippen LogP contribution < -0.4 is 0 Å². The summed E-state index contributed by atoms with van der Waals surface area (Å²) in [6.45, 7) is 0. The van der Waals surface area contributed by atoms with Crippen molar-refractivity contribution in [1.82, 2.24) is 0 Å². The van der Waals surface area contributed by atoms with Gasteiger partial charge >= 0.3 is 5.97 Å². The molecule has 0 unspecified atom stereocenters. The molecule has 0 heterocycles. The Morgan fingerprint density at radius 2 is 2.11 bits per heavy atom. The number of nitro benzene ring substituents is 1. The fourth-order valence-electron chi connectivity index (χ4n) is 1.29. The average Bonchev–Trinajstić information content (AvgIpc) is 2.26. The number of nitrogens with zero attached hydrogens (tertiary/aromatic N) is 1. The second-order valence-corrected chi connectivity index (χ2v) is 6.05. The summed E-state index contributed by atoms with van der Waals surface area (Å²) in [7, 11) is 2.24. The molecule has 0 amide bonds. The monoisotopic (exact) mass is 293 g/mol. The van der Waals surface area contributed by atoms with E-state index in [4.69, 9.17) is 10.7 Å². The molecule has 0 atom stereocenters. The van der Waals surface area contributed by atoms with Crippen LogP contribution in [0, 0.1) is 10.1 Å². The fourth-order valence-corrected chi connectivity index (χ4v) is 2.25. The number of methoxy groups -OCH3 is 1. The molecule has 0 bridgehead atoms. The predicted molar refractivity (Wildman–Crippen MR) is 62.9 cm³/mol. The van der Waals surface area contributed by atoms with Gasteiger partial charge in [0.25, 0.3) is 5.69 Å². The van der Waals surface area contributed by atoms with Crippen LogP contribution in [0.3, 0.4) is 0 Å². The van der Waals surface area contributed by atoms with E-state index in [0.29, 0.717) is 0 Å². The highest BCUT2D eigenvalue weighted by molar-refractivity contribution is 8.13. The van der Waals surface area contributed by atoms with Crippen LogP contribution in [-0.2, 0) is 19.5 Å². The number of ether oxygens (including phenoxy) is 1. The minimum absolute atomic E-state index is 0.0417. The first-order valence-electron chi connectivity index (χ1n) is 4.52. The highest BCUT2D eigenvalue weighted by Gasteiger charge is 2.21. The summed E-state index contributed by atoms with van der Waals surface area (Å²) < 4.78 is 26.2. The third-order valence-electron chi connectivity index (χ3n) is 2.03. The van der Waals surface area contributed by atoms with Gasteiger partial charge in [-0.1, -0.05) is 6.07 Å². The van der Waals surface area contributed by atoms with Crippen LogP contribution in [0.5, 0.6) is 0 Å². The summed E-state index contributed by atoms with van der Waals surface area (Å²) in [6.07, 6.45) is 0. The average molecular weight is 294 g/mol. The van der Waals surface area contributed by atoms with Gasteiger partial charge in [-0.2, -0.15) is 0 Å². The summed E-state index contributed by atoms with van der Waals surface area (Å²) in [4.78, 5) is 21.2. The number of nitro groups is 1. The van der Waals surface area contributed by atoms with Gasteiger partial charge in [-0.25, -0.2) is 13.2 Å². The van der Waals surface area contributed by atoms with Crippen molar-refractivity contribution < 1.29 is 22.9 Å². The largest absolute Gasteiger partial charge is 0.465 e. The molecular formula is C9H8ClNO6S. The molecule has 0 N–H and O–H groups in total. The number of carbonyl (C=O) groups is 1. The number of carbonyl (C=O) groups excluding carboxylic acids is 1. The van der Waals surface area contributed by atoms with Gasteiger partial charge in [-0.05, 0) is 6.07 Å². The lowest BCUT2D eigenvalue weighted by molar-refractivity contribution is -0.385. The summed E-state index contributed by atoms with van der Waals surface area (Å²) in [6, 6.07) is 3.34. The van der Waals surface area contributed by atoms with Crippen molar-refractivity contribution in [2.45, 2.75) is 5.75 Å². The molecule has 9 heteroatoms. The zero-order valence-electron chi connectivity index (χ0n) is 9.12. The lowest BCUT2D eigenvalue weighted by Crippen LogP contribution is -2.05. The van der Waals surface area contributed by atoms with E-state index < -0.39 is 31.4 Å². The second-order valence-electron chi connectivity index (χ2n) is 3.28. The van der Waals surface area contributed by atoms with Gasteiger partial charge in [0.05, 0.1) is 23.3 Å². The molecule has 0 saturated heterocycles. The van der Waals surface area contributed by atoms with E-state index in [0.717, 1.165) is 19.2 Å². The highest BCUT2D eigenvalue weighted by atomic mass is 35.7. The van der Waals surface area contributed by atoms with Crippen molar-refractivity contribution in [3.8, 4) is 0 Å². The van der Waals surface area contributed by atoms with Crippen LogP contribution in [0.15, 0.2) is 18.2 Å². The Labute approximate surface area is 107 Å². The number of rotatable bonds is 4. The quantitative estimate of drug-likeness (QED) is 0.360. The molecule has 0 spiro atoms. The van der Waals surface area contributed by atoms with Crippen LogP contribution in [0.1, 0.15) is 15.9 Å². The molecule has 7 nitrogen and oxygen atoms in total. The predicted octanol–water partition coefficient (Wildman–Crippen LogP) is 1.45. The molecule has 0 aliphatic heterocycles. The van der Waals surface area contributed by atoms with Gasteiger partial charge in [0.1, 0.15) is 0 Å². The molecule has 0 saturated carbocycles. The Morgan fingerprint density at radius 1 is 1.50 bits per heavy atom. The minimum Gasteiger partial charge on any atom is -0.465 e. The van der Waals surface area contributed by atoms with Crippen molar-refractivity contribution in [2.75, 3.05) is 7.11 Å². The number of benzene rings is 1. The Bertz CT molecular complexity index is 597. The SMILES string of the molecule is COC(=O)c1ccc(CS(=O)(=O)Cl)c([N+](=O)[O-])c1. The number of hydrogen-bond donors (Lipinski definition) is 0. The number of esters is 1. The Hall–Kier alpha value is -1.67. The summed E-state index contributed by atoms with van der Waals surface area (Å²) in [5.74, 6) is -1.44. The lowest BCUT2D eigenvalue weighted by atomic mass is 10.1. The first kappa shape index (κ1) is 14.4. The molecule has 1 aromatic rings. The molecule has 0 aromatic heterocycles. The van der Waals surface area contributed by atoms with Crippen LogP contribution >= 0.6 is 10.7 Å². The smallest absolute Gasteiger partial charge is 0.338 e. The molecule has 1 aromatic carbocycles. The maximum Gasteiger partial charge on any atom is 0.338 e. The first-order valence-corrected chi connectivity index (χ1v) is 7.00. The molecule has 0 aliphatic carbocycles. The van der Waals surface area contributed by atoms with E-state index in [1.165, 1.54) is 6.07 Å². The van der Waals surface area contributed by atoms with Gasteiger partial charge in [-0.3, -0.25) is 10.1 Å². The highest BCUT2D eigenvalue weighted by Crippen LogP contribution is 2.24. The maximum atomic E-state index is 11.2. The molecule has 1 rings (SSSR count). The normalized spacial score (nSPS) is 11.0. The summed E-state index contributed by atoms with van der Waals surface area (Å²) >= 11 is 0. The van der Waals surface area contributed by atoms with Gasteiger partial charge in [0, 0.05) is 22.3 Å². The van der Waals surface area contributed by atoms with Gasteiger partial charge < -0.3 is 4.74 Å². The molecule has 0 radical (unpaired) electrons. The first-order chi connectivity index (χ1) is 8.24. The van der Waals surface area contributed by atoms with Crippen molar-refractivity contribution >= 4 is 31.4 Å². The van der Waals surface area contributed by atoms with Crippen LogP contribution in [-0.4, -0.2) is 26.4 Å². The third-order valence-corrected chi connectivity index (χ3v) is 3.01. The molecular weight excluding hydrogens is 286 g/mol. The van der Waals surface area contributed by atoms with E-state index in [9.17, 15) is 23.3 Å². The lowest BCUT2D eigenvalue weighted by Gasteiger charge is -2.03. The van der Waals surface area contributed by atoms with Crippen molar-refractivity contribution in [2.24, 2.45) is 0 Å². The Kier molecular flexibility index (Phi) is 4.25. The van der Waals surface area contributed by atoms with Gasteiger partial charge in [-0.15, -0.1) is 0 Å². The Morgan fingerprint density at radius 3 is 2.56 bits per heavy atom. The van der Waals surface area contributed by atoms with E-state index >= 15 is 0 Å². The van der Waals surface area contributed by atoms with Gasteiger partial charge in [0.15, 0.2) is 0 Å². The topological polar surface area (TPSA) is 104 Å². The van der Waals surface area contributed by atoms with Crippen molar-refractivity contribution in [3.63, 3.8) is 0 Å². The zero-order valence-corrected chi connectivity index (χ0v) is 10.7. The van der Waals surface area contributed by atoms with Gasteiger partial charge in [0.2, 0.25) is 9.05 Å². The number of halogens is 1. The summed E-state index contributed by atoms with van der Waals surface area (Å²) in [5.41, 5.74) is -0.635. The molecule has 0 aliphatic rings. The van der Waals surface area contributed by atoms with Crippen LogP contribution in [0.2, 0.25) is 0 Å². The zero-order chi connectivity index (χ0) is 13.9. The van der Waals surface area contributed by atoms with E-state index in [2.05, 4.69) is 4.74 Å². The van der Waals surface area contributed by atoms with Crippen LogP contribution in [0.4, 0.5) is 5.69 Å². The van der Waals surface area contributed by atoms with Crippen LogP contribution in [0.25, 0.3) is 0 Å². The van der Waals surface area contributed by atoms with E-state index in [1.807, 2.05) is 0 Å². The summed E-state index contributed by atoms with van der Waals surface area (Å²) in [5, 5.41) is 10.8. The second kappa shape index (κ2) is 5.32. The van der Waals surface area contributed by atoms with E-state index in [-0.39, 0.29) is 11.1 Å². The number of hydrogen-bond acceptors (Lipinski definition) is 6. The third kappa shape index (κ3) is 3.67. The van der Waals surface area contributed by atoms with E-state index in [1.54, 1.807) is 0 Å². The molecule has 0 fully saturated rings. The standard InChI is InChI=1S/C9H8ClNO6S/c1-17-9(12)6-2-3-7(5-18(10,15)16)8(4-6)11(13)14/h2-4H,5H2,1H3. The fraction of sp³-hybridized carbons (Fsp3) is 0.222. The maximum absolute atomic E-state index is 11.2. The molecule has 98 valence electrons. The minimum atomic E-state index is -3.92. The van der Waals surface area contributed by atoms with Crippen molar-refractivity contribution in [1.29, 1.82) is 0 Å². The molecule has 18 heavy (non-hydrogen) atoms. The van der Waals surface area contributed by atoms with Crippen molar-refractivity contribution in [3.05, 3.63) is 39.4 Å².